The summed E-state index contributed by atoms with van der Waals surface area (Å²) < 4.78 is 4.77. The smallest absolute Gasteiger partial charge is 0.307 e. The molecule has 0 radical (unpaired) electrons. The molecule has 9 heavy (non-hydrogen) atoms. The quantitative estimate of drug-likeness (QED) is 0.494. The van der Waals surface area contributed by atoms with E-state index in [1.807, 2.05) is 12.2 Å². The lowest BCUT2D eigenvalue weighted by atomic mass is 10.4. The third-order valence-corrected chi connectivity index (χ3v) is 1.01. The number of hydrogen-bond acceptors (Lipinski definition) is 2. The summed E-state index contributed by atoms with van der Waals surface area (Å²) in [6.07, 6.45) is 6.36. The Morgan fingerprint density at radius 2 is 2.56 bits per heavy atom. The number of carbonyl (C=O) groups is 1. The van der Waals surface area contributed by atoms with Gasteiger partial charge in [0.25, 0.3) is 0 Å². The van der Waals surface area contributed by atoms with Gasteiger partial charge in [0.05, 0.1) is 0 Å². The lowest BCUT2D eigenvalue weighted by molar-refractivity contribution is -0.136. The Morgan fingerprint density at radius 1 is 1.78 bits per heavy atom. The summed E-state index contributed by atoms with van der Waals surface area (Å²) in [5, 5.41) is 0. The van der Waals surface area contributed by atoms with Crippen LogP contribution in [-0.4, -0.2) is 5.97 Å². The molecule has 0 saturated carbocycles. The van der Waals surface area contributed by atoms with Crippen molar-refractivity contribution in [2.45, 2.75) is 13.3 Å². The first-order chi connectivity index (χ1) is 4.29. The molecule has 1 aliphatic rings. The van der Waals surface area contributed by atoms with E-state index in [1.54, 1.807) is 6.08 Å². The second kappa shape index (κ2) is 2.49. The molecule has 0 saturated heterocycles. The van der Waals surface area contributed by atoms with Gasteiger partial charge in [0.15, 0.2) is 0 Å². The molecule has 0 amide bonds. The molecule has 0 aromatic carbocycles. The van der Waals surface area contributed by atoms with Gasteiger partial charge in [0.1, 0.15) is 5.76 Å². The Kier molecular flexibility index (Phi) is 1.68. The first-order valence-electron chi connectivity index (χ1n) is 2.83. The molecule has 0 unspecified atom stereocenters. The van der Waals surface area contributed by atoms with Gasteiger partial charge in [-0.25, -0.2) is 0 Å². The fraction of sp³-hybridized carbons (Fsp3) is 0.286. The topological polar surface area (TPSA) is 26.3 Å². The van der Waals surface area contributed by atoms with E-state index in [0.717, 1.165) is 12.2 Å². The van der Waals surface area contributed by atoms with Gasteiger partial charge in [0.2, 0.25) is 0 Å². The SMILES string of the molecule is CC(=O)OC1=CC=CC1. The molecule has 1 rings (SSSR count). The van der Waals surface area contributed by atoms with Crippen LogP contribution in [0.4, 0.5) is 0 Å². The van der Waals surface area contributed by atoms with Gasteiger partial charge in [-0.3, -0.25) is 4.79 Å². The predicted molar refractivity (Wildman–Crippen MR) is 33.6 cm³/mol. The highest BCUT2D eigenvalue weighted by atomic mass is 16.5. The average molecular weight is 124 g/mol. The molecular weight excluding hydrogens is 116 g/mol. The van der Waals surface area contributed by atoms with Crippen LogP contribution in [0.1, 0.15) is 13.3 Å². The van der Waals surface area contributed by atoms with Crippen LogP contribution in [0, 0.1) is 0 Å². The van der Waals surface area contributed by atoms with Crippen LogP contribution in [0.2, 0.25) is 0 Å². The first-order valence-corrected chi connectivity index (χ1v) is 2.83. The number of ether oxygens (including phenoxy) is 1. The van der Waals surface area contributed by atoms with Crippen molar-refractivity contribution in [3.05, 3.63) is 24.0 Å². The van der Waals surface area contributed by atoms with Crippen molar-refractivity contribution in [3.8, 4) is 0 Å². The number of allylic oxidation sites excluding steroid dienone is 3. The van der Waals surface area contributed by atoms with E-state index in [1.165, 1.54) is 6.92 Å². The van der Waals surface area contributed by atoms with Gasteiger partial charge in [-0.1, -0.05) is 12.2 Å². The number of esters is 1. The Morgan fingerprint density at radius 3 is 3.00 bits per heavy atom. The lowest BCUT2D eigenvalue weighted by Gasteiger charge is -1.97. The highest BCUT2D eigenvalue weighted by Gasteiger charge is 2.01. The van der Waals surface area contributed by atoms with Crippen molar-refractivity contribution in [3.63, 3.8) is 0 Å². The van der Waals surface area contributed by atoms with Gasteiger partial charge in [-0.15, -0.1) is 0 Å². The number of rotatable bonds is 1. The molecule has 0 bridgehead atoms. The van der Waals surface area contributed by atoms with Crippen LogP contribution in [0.25, 0.3) is 0 Å². The molecule has 48 valence electrons. The molecule has 0 fully saturated rings. The Balaban J connectivity index is 2.39. The molecule has 0 heterocycles. The molecule has 0 aromatic heterocycles. The highest BCUT2D eigenvalue weighted by molar-refractivity contribution is 5.67. The van der Waals surface area contributed by atoms with E-state index < -0.39 is 0 Å². The maximum absolute atomic E-state index is 10.3. The summed E-state index contributed by atoms with van der Waals surface area (Å²) in [5.41, 5.74) is 0. The average Bonchev–Trinajstić information content (AvgIpc) is 2.15. The Hall–Kier alpha value is -1.05. The van der Waals surface area contributed by atoms with Crippen LogP contribution in [0.15, 0.2) is 24.0 Å². The summed E-state index contributed by atoms with van der Waals surface area (Å²) in [6, 6.07) is 0. The maximum Gasteiger partial charge on any atom is 0.307 e. The van der Waals surface area contributed by atoms with E-state index in [2.05, 4.69) is 0 Å². The largest absolute Gasteiger partial charge is 0.431 e. The standard InChI is InChI=1S/C7H8O2/c1-6(8)9-7-4-2-3-5-7/h2-4H,5H2,1H3. The van der Waals surface area contributed by atoms with Crippen molar-refractivity contribution in [2.24, 2.45) is 0 Å². The van der Waals surface area contributed by atoms with Gasteiger partial charge >= 0.3 is 5.97 Å². The van der Waals surface area contributed by atoms with Gasteiger partial charge < -0.3 is 4.74 Å². The monoisotopic (exact) mass is 124 g/mol. The normalized spacial score (nSPS) is 15.4. The summed E-state index contributed by atoms with van der Waals surface area (Å²) in [7, 11) is 0. The molecular formula is C7H8O2. The molecule has 2 heteroatoms. The molecule has 0 spiro atoms. The third kappa shape index (κ3) is 1.72. The van der Waals surface area contributed by atoms with E-state index in [-0.39, 0.29) is 5.97 Å². The number of carbonyl (C=O) groups excluding carboxylic acids is 1. The molecule has 0 aromatic rings. The van der Waals surface area contributed by atoms with Crippen molar-refractivity contribution in [1.82, 2.24) is 0 Å². The molecule has 0 N–H and O–H groups in total. The summed E-state index contributed by atoms with van der Waals surface area (Å²) >= 11 is 0. The number of hydrogen-bond donors (Lipinski definition) is 0. The molecule has 0 atom stereocenters. The fourth-order valence-electron chi connectivity index (χ4n) is 0.688. The van der Waals surface area contributed by atoms with E-state index in [0.29, 0.717) is 0 Å². The maximum atomic E-state index is 10.3. The molecule has 1 aliphatic carbocycles. The van der Waals surface area contributed by atoms with Crippen molar-refractivity contribution < 1.29 is 9.53 Å². The van der Waals surface area contributed by atoms with E-state index >= 15 is 0 Å². The van der Waals surface area contributed by atoms with Crippen LogP contribution in [0.3, 0.4) is 0 Å². The zero-order chi connectivity index (χ0) is 6.69. The minimum atomic E-state index is -0.245. The first kappa shape index (κ1) is 6.08. The van der Waals surface area contributed by atoms with Crippen molar-refractivity contribution in [2.75, 3.05) is 0 Å². The Labute approximate surface area is 53.8 Å². The van der Waals surface area contributed by atoms with Crippen LogP contribution >= 0.6 is 0 Å². The zero-order valence-corrected chi connectivity index (χ0v) is 5.26. The van der Waals surface area contributed by atoms with Gasteiger partial charge in [-0.05, 0) is 6.08 Å². The van der Waals surface area contributed by atoms with E-state index in [9.17, 15) is 4.79 Å². The summed E-state index contributed by atoms with van der Waals surface area (Å²) in [6.45, 7) is 1.40. The molecule has 0 aliphatic heterocycles. The van der Waals surface area contributed by atoms with Crippen molar-refractivity contribution in [1.29, 1.82) is 0 Å². The van der Waals surface area contributed by atoms with Crippen molar-refractivity contribution >= 4 is 5.97 Å². The lowest BCUT2D eigenvalue weighted by Crippen LogP contribution is -1.95. The van der Waals surface area contributed by atoms with E-state index in [4.69, 9.17) is 4.74 Å². The second-order valence-electron chi connectivity index (χ2n) is 1.86. The second-order valence-corrected chi connectivity index (χ2v) is 1.86. The van der Waals surface area contributed by atoms with Gasteiger partial charge in [0, 0.05) is 13.3 Å². The fourth-order valence-corrected chi connectivity index (χ4v) is 0.688. The predicted octanol–water partition coefficient (Wildman–Crippen LogP) is 1.39. The van der Waals surface area contributed by atoms with Gasteiger partial charge in [-0.2, -0.15) is 0 Å². The Bertz CT molecular complexity index is 177. The van der Waals surface area contributed by atoms with Crippen LogP contribution < -0.4 is 0 Å². The highest BCUT2D eigenvalue weighted by Crippen LogP contribution is 2.10. The summed E-state index contributed by atoms with van der Waals surface area (Å²) in [5.74, 6) is 0.493. The summed E-state index contributed by atoms with van der Waals surface area (Å²) in [4.78, 5) is 10.3. The third-order valence-electron chi connectivity index (χ3n) is 1.01. The minimum Gasteiger partial charge on any atom is -0.431 e. The zero-order valence-electron chi connectivity index (χ0n) is 5.26. The van der Waals surface area contributed by atoms with Crippen LogP contribution in [0.5, 0.6) is 0 Å². The van der Waals surface area contributed by atoms with Crippen LogP contribution in [-0.2, 0) is 9.53 Å². The minimum absolute atomic E-state index is 0.245. The molecule has 2 nitrogen and oxygen atoms in total.